The number of amides is 1. The first kappa shape index (κ1) is 19.7. The van der Waals surface area contributed by atoms with Crippen molar-refractivity contribution in [3.8, 4) is 5.75 Å². The third kappa shape index (κ3) is 4.23. The first-order valence-corrected chi connectivity index (χ1v) is 10.6. The van der Waals surface area contributed by atoms with E-state index in [0.717, 1.165) is 49.0 Å². The molecule has 7 heteroatoms. The number of carboxylic acids is 1. The topological polar surface area (TPSA) is 95.5 Å². The quantitative estimate of drug-likeness (QED) is 0.777. The van der Waals surface area contributed by atoms with Crippen LogP contribution in [0.2, 0.25) is 0 Å². The number of benzene rings is 1. The summed E-state index contributed by atoms with van der Waals surface area (Å²) in [6.07, 6.45) is 5.75. The Hall–Kier alpha value is -2.57. The van der Waals surface area contributed by atoms with Crippen LogP contribution in [-0.2, 0) is 16.0 Å². The highest BCUT2D eigenvalue weighted by Crippen LogP contribution is 2.33. The minimum Gasteiger partial charge on any atom is -0.494 e. The monoisotopic (exact) mass is 399 g/mol. The lowest BCUT2D eigenvalue weighted by Crippen LogP contribution is -2.46. The molecular weight excluding hydrogens is 370 g/mol. The minimum absolute atomic E-state index is 0.0511. The maximum atomic E-state index is 12.9. The Balaban J connectivity index is 1.53. The number of aliphatic carboxylic acids is 1. The van der Waals surface area contributed by atoms with Gasteiger partial charge in [-0.1, -0.05) is 18.9 Å². The number of carboxylic acid groups (broad SMARTS) is 1. The van der Waals surface area contributed by atoms with E-state index in [2.05, 4.69) is 4.98 Å². The smallest absolute Gasteiger partial charge is 0.303 e. The summed E-state index contributed by atoms with van der Waals surface area (Å²) >= 11 is 0. The number of rotatable bonds is 6. The van der Waals surface area contributed by atoms with Gasteiger partial charge in [-0.3, -0.25) is 9.59 Å². The van der Waals surface area contributed by atoms with Crippen LogP contribution in [0.15, 0.2) is 18.2 Å². The largest absolute Gasteiger partial charge is 0.494 e. The fraction of sp³-hybridized carbons (Fsp3) is 0.591. The molecule has 29 heavy (non-hydrogen) atoms. The van der Waals surface area contributed by atoms with Gasteiger partial charge in [-0.2, -0.15) is 0 Å². The van der Waals surface area contributed by atoms with Crippen molar-refractivity contribution in [2.75, 3.05) is 20.2 Å². The molecule has 2 aromatic rings. The van der Waals surface area contributed by atoms with Crippen LogP contribution < -0.4 is 4.74 Å². The van der Waals surface area contributed by atoms with Gasteiger partial charge in [-0.05, 0) is 43.2 Å². The van der Waals surface area contributed by atoms with Crippen molar-refractivity contribution in [1.82, 2.24) is 14.9 Å². The SMILES string of the molecule is COc1cccc2[nH]c(C[C@H]3CN(C(=O)C4CCCC4)CC[C@H]3CC(=O)O)nc12. The van der Waals surface area contributed by atoms with Crippen LogP contribution in [0.5, 0.6) is 5.75 Å². The van der Waals surface area contributed by atoms with Gasteiger partial charge in [0.1, 0.15) is 17.1 Å². The Kier molecular flexibility index (Phi) is 5.74. The molecule has 1 aliphatic carbocycles. The fourth-order valence-corrected chi connectivity index (χ4v) is 5.00. The standard InChI is InChI=1S/C22H29N3O4/c1-29-18-8-4-7-17-21(18)24-19(23-17)11-16-13-25(10-9-15(16)12-20(26)27)22(28)14-5-2-3-6-14/h4,7-8,14-16H,2-3,5-6,9-13H2,1H3,(H,23,24)(H,26,27)/t15-,16-/m0/s1. The number of carbonyl (C=O) groups excluding carboxylic acids is 1. The number of aromatic amines is 1. The molecule has 156 valence electrons. The molecule has 0 unspecified atom stereocenters. The summed E-state index contributed by atoms with van der Waals surface area (Å²) in [5, 5.41) is 9.36. The van der Waals surface area contributed by atoms with Crippen LogP contribution in [0, 0.1) is 17.8 Å². The molecule has 1 saturated heterocycles. The lowest BCUT2D eigenvalue weighted by atomic mass is 9.80. The highest BCUT2D eigenvalue weighted by molar-refractivity contribution is 5.81. The molecule has 1 aromatic carbocycles. The second kappa shape index (κ2) is 8.43. The summed E-state index contributed by atoms with van der Waals surface area (Å²) in [4.78, 5) is 34.3. The Morgan fingerprint density at radius 1 is 1.24 bits per heavy atom. The van der Waals surface area contributed by atoms with Gasteiger partial charge < -0.3 is 19.7 Å². The summed E-state index contributed by atoms with van der Waals surface area (Å²) in [6, 6.07) is 5.75. The van der Waals surface area contributed by atoms with Crippen LogP contribution in [0.1, 0.15) is 44.3 Å². The van der Waals surface area contributed by atoms with Crippen molar-refractivity contribution < 1.29 is 19.4 Å². The van der Waals surface area contributed by atoms with Gasteiger partial charge >= 0.3 is 5.97 Å². The van der Waals surface area contributed by atoms with Crippen molar-refractivity contribution in [2.45, 2.75) is 44.9 Å². The molecule has 0 spiro atoms. The van der Waals surface area contributed by atoms with E-state index >= 15 is 0 Å². The Morgan fingerprint density at radius 2 is 2.03 bits per heavy atom. The number of hydrogen-bond donors (Lipinski definition) is 2. The zero-order valence-electron chi connectivity index (χ0n) is 16.9. The normalized spacial score (nSPS) is 22.9. The predicted molar refractivity (Wildman–Crippen MR) is 109 cm³/mol. The summed E-state index contributed by atoms with van der Waals surface area (Å²) < 4.78 is 5.40. The molecule has 2 aliphatic rings. The minimum atomic E-state index is -0.776. The van der Waals surface area contributed by atoms with Crippen molar-refractivity contribution in [3.63, 3.8) is 0 Å². The van der Waals surface area contributed by atoms with Gasteiger partial charge in [0.15, 0.2) is 0 Å². The van der Waals surface area contributed by atoms with Crippen LogP contribution in [0.4, 0.5) is 0 Å². The van der Waals surface area contributed by atoms with Gasteiger partial charge in [-0.25, -0.2) is 4.98 Å². The van der Waals surface area contributed by atoms with Crippen molar-refractivity contribution in [2.24, 2.45) is 17.8 Å². The Labute approximate surface area is 170 Å². The molecule has 2 N–H and O–H groups in total. The maximum Gasteiger partial charge on any atom is 0.303 e. The molecule has 4 rings (SSSR count). The van der Waals surface area contributed by atoms with E-state index in [0.29, 0.717) is 25.3 Å². The number of carbonyl (C=O) groups is 2. The highest BCUT2D eigenvalue weighted by atomic mass is 16.5. The lowest BCUT2D eigenvalue weighted by molar-refractivity contribution is -0.141. The molecule has 1 saturated carbocycles. The number of fused-ring (bicyclic) bond motifs is 1. The van der Waals surface area contributed by atoms with Gasteiger partial charge in [0, 0.05) is 31.8 Å². The Bertz CT molecular complexity index is 887. The van der Waals surface area contributed by atoms with Crippen molar-refractivity contribution in [1.29, 1.82) is 0 Å². The van der Waals surface area contributed by atoms with Crippen LogP contribution >= 0.6 is 0 Å². The number of likely N-dealkylation sites (tertiary alicyclic amines) is 1. The second-order valence-electron chi connectivity index (χ2n) is 8.42. The van der Waals surface area contributed by atoms with E-state index in [1.165, 1.54) is 0 Å². The third-order valence-corrected chi connectivity index (χ3v) is 6.54. The first-order chi connectivity index (χ1) is 14.0. The number of nitrogens with one attached hydrogen (secondary N) is 1. The molecule has 0 radical (unpaired) electrons. The number of aromatic nitrogens is 2. The molecule has 1 aromatic heterocycles. The van der Waals surface area contributed by atoms with E-state index in [-0.39, 0.29) is 30.1 Å². The van der Waals surface area contributed by atoms with Crippen LogP contribution in [0.3, 0.4) is 0 Å². The number of piperidine rings is 1. The van der Waals surface area contributed by atoms with Gasteiger partial charge in [0.25, 0.3) is 0 Å². The lowest BCUT2D eigenvalue weighted by Gasteiger charge is -2.39. The summed E-state index contributed by atoms with van der Waals surface area (Å²) in [7, 11) is 1.62. The number of methoxy groups -OCH3 is 1. The molecule has 2 atom stereocenters. The average Bonchev–Trinajstić information content (AvgIpc) is 3.37. The summed E-state index contributed by atoms with van der Waals surface area (Å²) in [6.45, 7) is 1.28. The first-order valence-electron chi connectivity index (χ1n) is 10.6. The number of nitrogens with zero attached hydrogens (tertiary/aromatic N) is 2. The Morgan fingerprint density at radius 3 is 2.76 bits per heavy atom. The third-order valence-electron chi connectivity index (χ3n) is 6.54. The van der Waals surface area contributed by atoms with Crippen molar-refractivity contribution in [3.05, 3.63) is 24.0 Å². The van der Waals surface area contributed by atoms with E-state index in [9.17, 15) is 14.7 Å². The molecule has 1 amide bonds. The highest BCUT2D eigenvalue weighted by Gasteiger charge is 2.36. The molecule has 2 heterocycles. The fourth-order valence-electron chi connectivity index (χ4n) is 5.00. The van der Waals surface area contributed by atoms with Gasteiger partial charge in [0.05, 0.1) is 12.6 Å². The molecule has 1 aliphatic heterocycles. The van der Waals surface area contributed by atoms with E-state index in [1.807, 2.05) is 23.1 Å². The number of imidazole rings is 1. The van der Waals surface area contributed by atoms with E-state index < -0.39 is 5.97 Å². The van der Waals surface area contributed by atoms with E-state index in [4.69, 9.17) is 9.72 Å². The molecule has 0 bridgehead atoms. The summed E-state index contributed by atoms with van der Waals surface area (Å²) in [5.74, 6) is 1.30. The van der Waals surface area contributed by atoms with Gasteiger partial charge in [-0.15, -0.1) is 0 Å². The number of H-pyrrole nitrogens is 1. The second-order valence-corrected chi connectivity index (χ2v) is 8.42. The maximum absolute atomic E-state index is 12.9. The predicted octanol–water partition coefficient (Wildman–Crippen LogP) is 3.24. The molecule has 7 nitrogen and oxygen atoms in total. The zero-order valence-corrected chi connectivity index (χ0v) is 16.9. The van der Waals surface area contributed by atoms with Crippen LogP contribution in [-0.4, -0.2) is 52.1 Å². The van der Waals surface area contributed by atoms with Gasteiger partial charge in [0.2, 0.25) is 5.91 Å². The number of para-hydroxylation sites is 1. The molecule has 2 fully saturated rings. The number of hydrogen-bond acceptors (Lipinski definition) is 4. The summed E-state index contributed by atoms with van der Waals surface area (Å²) in [5.41, 5.74) is 1.69. The van der Waals surface area contributed by atoms with E-state index in [1.54, 1.807) is 7.11 Å². The van der Waals surface area contributed by atoms with Crippen molar-refractivity contribution >= 4 is 22.9 Å². The average molecular weight is 399 g/mol. The molecular formula is C22H29N3O4. The zero-order chi connectivity index (χ0) is 20.4. The number of ether oxygens (including phenoxy) is 1. The van der Waals surface area contributed by atoms with Crippen LogP contribution in [0.25, 0.3) is 11.0 Å².